The summed E-state index contributed by atoms with van der Waals surface area (Å²) in [7, 11) is 3.19. The van der Waals surface area contributed by atoms with Crippen molar-refractivity contribution < 1.29 is 19.4 Å². The highest BCUT2D eigenvalue weighted by molar-refractivity contribution is 5.67. The topological polar surface area (TPSA) is 80.7 Å². The van der Waals surface area contributed by atoms with Gasteiger partial charge in [0.15, 0.2) is 0 Å². The Bertz CT molecular complexity index is 974. The molecule has 0 bridgehead atoms. The number of hydrogen-bond acceptors (Lipinski definition) is 5. The number of nitrogens with zero attached hydrogens (tertiary/aromatic N) is 1. The Hall–Kier alpha value is -3.54. The van der Waals surface area contributed by atoms with Gasteiger partial charge < -0.3 is 19.9 Å². The Kier molecular flexibility index (Phi) is 6.68. The van der Waals surface area contributed by atoms with Gasteiger partial charge in [-0.1, -0.05) is 36.4 Å². The van der Waals surface area contributed by atoms with Crippen LogP contribution in [0, 0.1) is 0 Å². The molecule has 2 aromatic carbocycles. The standard InChI is InChI=1S/C23H24N2O4/c1-28-21-14-19(11-8-17(21)10-13-22(26)27)24-15-18-9-12-20(25-23(18)29-2)16-6-4-3-5-7-16/h3-9,11-12,14,24H,10,13,15H2,1-2H3,(H,26,27). The number of ether oxygens (including phenoxy) is 2. The maximum atomic E-state index is 10.8. The summed E-state index contributed by atoms with van der Waals surface area (Å²) < 4.78 is 10.9. The Morgan fingerprint density at radius 1 is 1.00 bits per heavy atom. The number of carbonyl (C=O) groups is 1. The third kappa shape index (κ3) is 5.25. The molecule has 29 heavy (non-hydrogen) atoms. The van der Waals surface area contributed by atoms with E-state index in [1.807, 2.05) is 60.7 Å². The van der Waals surface area contributed by atoms with E-state index in [0.29, 0.717) is 24.6 Å². The maximum Gasteiger partial charge on any atom is 0.303 e. The monoisotopic (exact) mass is 392 g/mol. The van der Waals surface area contributed by atoms with Crippen LogP contribution in [0.15, 0.2) is 60.7 Å². The van der Waals surface area contributed by atoms with Crippen LogP contribution in [-0.4, -0.2) is 30.3 Å². The first-order valence-corrected chi connectivity index (χ1v) is 9.32. The van der Waals surface area contributed by atoms with Crippen molar-refractivity contribution in [2.75, 3.05) is 19.5 Å². The predicted molar refractivity (Wildman–Crippen MR) is 113 cm³/mol. The summed E-state index contributed by atoms with van der Waals surface area (Å²) in [6.07, 6.45) is 0.497. The van der Waals surface area contributed by atoms with E-state index in [1.165, 1.54) is 0 Å². The molecule has 1 heterocycles. The molecule has 0 unspecified atom stereocenters. The van der Waals surface area contributed by atoms with Gasteiger partial charge in [-0.2, -0.15) is 0 Å². The van der Waals surface area contributed by atoms with E-state index < -0.39 is 5.97 Å². The Labute approximate surface area is 170 Å². The lowest BCUT2D eigenvalue weighted by atomic mass is 10.1. The smallest absolute Gasteiger partial charge is 0.303 e. The van der Waals surface area contributed by atoms with E-state index >= 15 is 0 Å². The van der Waals surface area contributed by atoms with Crippen LogP contribution in [0.25, 0.3) is 11.3 Å². The number of carboxylic acid groups (broad SMARTS) is 1. The Morgan fingerprint density at radius 2 is 1.76 bits per heavy atom. The van der Waals surface area contributed by atoms with Gasteiger partial charge in [0.05, 0.1) is 19.9 Å². The molecule has 150 valence electrons. The summed E-state index contributed by atoms with van der Waals surface area (Å²) in [6, 6.07) is 19.6. The fourth-order valence-corrected chi connectivity index (χ4v) is 3.05. The third-order valence-electron chi connectivity index (χ3n) is 4.58. The highest BCUT2D eigenvalue weighted by atomic mass is 16.5. The second kappa shape index (κ2) is 9.59. The lowest BCUT2D eigenvalue weighted by Crippen LogP contribution is -2.05. The average Bonchev–Trinajstić information content (AvgIpc) is 2.76. The van der Waals surface area contributed by atoms with Crippen molar-refractivity contribution in [1.82, 2.24) is 4.98 Å². The molecule has 0 aliphatic carbocycles. The molecule has 0 amide bonds. The van der Waals surface area contributed by atoms with Crippen LogP contribution in [0.3, 0.4) is 0 Å². The number of anilines is 1. The highest BCUT2D eigenvalue weighted by Gasteiger charge is 2.10. The number of carboxylic acids is 1. The number of benzene rings is 2. The van der Waals surface area contributed by atoms with E-state index in [4.69, 9.17) is 14.6 Å². The Morgan fingerprint density at radius 3 is 2.45 bits per heavy atom. The van der Waals surface area contributed by atoms with Crippen molar-refractivity contribution in [2.24, 2.45) is 0 Å². The maximum absolute atomic E-state index is 10.8. The minimum Gasteiger partial charge on any atom is -0.496 e. The molecule has 0 radical (unpaired) electrons. The van der Waals surface area contributed by atoms with Gasteiger partial charge in [0, 0.05) is 35.8 Å². The summed E-state index contributed by atoms with van der Waals surface area (Å²) >= 11 is 0. The SMILES string of the molecule is COc1cc(NCc2ccc(-c3ccccc3)nc2OC)ccc1CCC(=O)O. The second-order valence-electron chi connectivity index (χ2n) is 6.50. The molecule has 0 aliphatic heterocycles. The normalized spacial score (nSPS) is 10.4. The van der Waals surface area contributed by atoms with Crippen molar-refractivity contribution in [3.05, 3.63) is 71.8 Å². The molecule has 0 spiro atoms. The number of nitrogens with one attached hydrogen (secondary N) is 1. The highest BCUT2D eigenvalue weighted by Crippen LogP contribution is 2.27. The fourth-order valence-electron chi connectivity index (χ4n) is 3.05. The summed E-state index contributed by atoms with van der Waals surface area (Å²) in [6.45, 7) is 0.531. The molecule has 1 aromatic heterocycles. The molecule has 3 rings (SSSR count). The van der Waals surface area contributed by atoms with Gasteiger partial charge >= 0.3 is 5.97 Å². The van der Waals surface area contributed by atoms with Crippen LogP contribution in [0.2, 0.25) is 0 Å². The number of aliphatic carboxylic acids is 1. The minimum absolute atomic E-state index is 0.0692. The summed E-state index contributed by atoms with van der Waals surface area (Å²) in [5.74, 6) is 0.414. The van der Waals surface area contributed by atoms with Gasteiger partial charge in [-0.15, -0.1) is 0 Å². The van der Waals surface area contributed by atoms with Gasteiger partial charge in [-0.25, -0.2) is 4.98 Å². The fraction of sp³-hybridized carbons (Fsp3) is 0.217. The van der Waals surface area contributed by atoms with Gasteiger partial charge in [0.25, 0.3) is 0 Å². The minimum atomic E-state index is -0.826. The van der Waals surface area contributed by atoms with E-state index in [2.05, 4.69) is 10.3 Å². The van der Waals surface area contributed by atoms with E-state index in [0.717, 1.165) is 28.1 Å². The molecule has 0 fully saturated rings. The zero-order valence-electron chi connectivity index (χ0n) is 16.5. The van der Waals surface area contributed by atoms with Crippen molar-refractivity contribution in [1.29, 1.82) is 0 Å². The van der Waals surface area contributed by atoms with Gasteiger partial charge in [-0.05, 0) is 30.2 Å². The van der Waals surface area contributed by atoms with E-state index in [-0.39, 0.29) is 6.42 Å². The lowest BCUT2D eigenvalue weighted by molar-refractivity contribution is -0.136. The van der Waals surface area contributed by atoms with Gasteiger partial charge in [0.2, 0.25) is 5.88 Å². The van der Waals surface area contributed by atoms with Crippen LogP contribution in [0.4, 0.5) is 5.69 Å². The zero-order chi connectivity index (χ0) is 20.6. The Balaban J connectivity index is 1.73. The summed E-state index contributed by atoms with van der Waals surface area (Å²) in [4.78, 5) is 15.4. The summed E-state index contributed by atoms with van der Waals surface area (Å²) in [5, 5.41) is 12.2. The first-order chi connectivity index (χ1) is 14.1. The number of aromatic nitrogens is 1. The van der Waals surface area contributed by atoms with Crippen LogP contribution < -0.4 is 14.8 Å². The number of hydrogen-bond donors (Lipinski definition) is 2. The average molecular weight is 392 g/mol. The zero-order valence-corrected chi connectivity index (χ0v) is 16.5. The van der Waals surface area contributed by atoms with Gasteiger partial charge in [-0.3, -0.25) is 4.79 Å². The molecule has 0 saturated carbocycles. The van der Waals surface area contributed by atoms with Crippen molar-refractivity contribution in [3.63, 3.8) is 0 Å². The predicted octanol–water partition coefficient (Wildman–Crippen LogP) is 4.40. The molecule has 3 aromatic rings. The van der Waals surface area contributed by atoms with Gasteiger partial charge in [0.1, 0.15) is 5.75 Å². The van der Waals surface area contributed by atoms with Crippen LogP contribution in [0.5, 0.6) is 11.6 Å². The molecular formula is C23H24N2O4. The molecule has 6 nitrogen and oxygen atoms in total. The van der Waals surface area contributed by atoms with Crippen molar-refractivity contribution >= 4 is 11.7 Å². The van der Waals surface area contributed by atoms with E-state index in [1.54, 1.807) is 14.2 Å². The molecular weight excluding hydrogens is 368 g/mol. The molecule has 0 atom stereocenters. The van der Waals surface area contributed by atoms with Crippen LogP contribution in [-0.2, 0) is 17.8 Å². The number of rotatable bonds is 9. The van der Waals surface area contributed by atoms with Crippen LogP contribution in [0.1, 0.15) is 17.5 Å². The second-order valence-corrected chi connectivity index (χ2v) is 6.50. The number of methoxy groups -OCH3 is 2. The molecule has 2 N–H and O–H groups in total. The third-order valence-corrected chi connectivity index (χ3v) is 4.58. The van der Waals surface area contributed by atoms with Crippen molar-refractivity contribution in [3.8, 4) is 22.9 Å². The molecule has 0 saturated heterocycles. The molecule has 0 aliphatic rings. The quantitative estimate of drug-likeness (QED) is 0.562. The number of pyridine rings is 1. The number of aryl methyl sites for hydroxylation is 1. The first kappa shape index (κ1) is 20.2. The van der Waals surface area contributed by atoms with Crippen LogP contribution >= 0.6 is 0 Å². The van der Waals surface area contributed by atoms with E-state index in [9.17, 15) is 4.79 Å². The largest absolute Gasteiger partial charge is 0.496 e. The summed E-state index contributed by atoms with van der Waals surface area (Å²) in [5.41, 5.74) is 4.56. The molecule has 6 heteroatoms. The first-order valence-electron chi connectivity index (χ1n) is 9.32. The lowest BCUT2D eigenvalue weighted by Gasteiger charge is -2.14. The van der Waals surface area contributed by atoms with Crippen molar-refractivity contribution in [2.45, 2.75) is 19.4 Å².